The average Bonchev–Trinajstić information content (AvgIpc) is 3.07. The molecule has 0 atom stereocenters. The molecule has 0 N–H and O–H groups in total. The van der Waals surface area contributed by atoms with E-state index in [9.17, 15) is 4.39 Å². The number of nitrogens with zero attached hydrogens (tertiary/aromatic N) is 2. The minimum absolute atomic E-state index is 0.250. The summed E-state index contributed by atoms with van der Waals surface area (Å²) < 4.78 is 21.7. The van der Waals surface area contributed by atoms with Gasteiger partial charge in [0.15, 0.2) is 0 Å². The van der Waals surface area contributed by atoms with E-state index in [1.54, 1.807) is 12.1 Å². The SMILES string of the molecule is Cc1ccc(C(C)C)c(OCCn2c(-c3ccc(F)cc3)nc3ccccc32)c1. The van der Waals surface area contributed by atoms with Crippen molar-refractivity contribution in [2.45, 2.75) is 33.2 Å². The van der Waals surface area contributed by atoms with E-state index in [2.05, 4.69) is 49.6 Å². The minimum atomic E-state index is -0.250. The van der Waals surface area contributed by atoms with Crippen LogP contribution in [0, 0.1) is 12.7 Å². The van der Waals surface area contributed by atoms with Crippen molar-refractivity contribution < 1.29 is 9.13 Å². The van der Waals surface area contributed by atoms with Gasteiger partial charge in [0.1, 0.15) is 24.0 Å². The van der Waals surface area contributed by atoms with Gasteiger partial charge >= 0.3 is 0 Å². The number of rotatable bonds is 6. The molecule has 3 aromatic carbocycles. The van der Waals surface area contributed by atoms with Gasteiger partial charge in [-0.1, -0.05) is 38.1 Å². The second-order valence-corrected chi connectivity index (χ2v) is 7.63. The predicted molar refractivity (Wildman–Crippen MR) is 116 cm³/mol. The molecule has 1 aromatic heterocycles. The second-order valence-electron chi connectivity index (χ2n) is 7.63. The van der Waals surface area contributed by atoms with Gasteiger partial charge in [0.05, 0.1) is 17.6 Å². The van der Waals surface area contributed by atoms with Gasteiger partial charge in [-0.05, 0) is 66.4 Å². The van der Waals surface area contributed by atoms with Crippen molar-refractivity contribution in [2.75, 3.05) is 6.61 Å². The molecule has 0 amide bonds. The van der Waals surface area contributed by atoms with Crippen molar-refractivity contribution in [3.05, 3.63) is 83.7 Å². The highest BCUT2D eigenvalue weighted by molar-refractivity contribution is 5.80. The Morgan fingerprint density at radius 1 is 1.00 bits per heavy atom. The van der Waals surface area contributed by atoms with Gasteiger partial charge in [0.2, 0.25) is 0 Å². The van der Waals surface area contributed by atoms with Gasteiger partial charge in [-0.15, -0.1) is 0 Å². The molecule has 0 radical (unpaired) electrons. The number of hydrogen-bond donors (Lipinski definition) is 0. The Balaban J connectivity index is 1.64. The van der Waals surface area contributed by atoms with Crippen molar-refractivity contribution in [3.63, 3.8) is 0 Å². The van der Waals surface area contributed by atoms with Crippen molar-refractivity contribution >= 4 is 11.0 Å². The molecule has 0 aliphatic heterocycles. The standard InChI is InChI=1S/C25H25FN2O/c1-17(2)21-13-8-18(3)16-24(21)29-15-14-28-23-7-5-4-6-22(23)27-25(28)19-9-11-20(26)12-10-19/h4-13,16-17H,14-15H2,1-3H3. The lowest BCUT2D eigenvalue weighted by atomic mass is 10.0. The molecule has 0 aliphatic rings. The molecule has 0 bridgehead atoms. The molecular formula is C25H25FN2O. The summed E-state index contributed by atoms with van der Waals surface area (Å²) in [5.41, 5.74) is 5.25. The lowest BCUT2D eigenvalue weighted by Gasteiger charge is -2.16. The maximum Gasteiger partial charge on any atom is 0.141 e. The first-order valence-electron chi connectivity index (χ1n) is 9.97. The van der Waals surface area contributed by atoms with Gasteiger partial charge in [0, 0.05) is 5.56 Å². The number of benzene rings is 3. The van der Waals surface area contributed by atoms with E-state index >= 15 is 0 Å². The lowest BCUT2D eigenvalue weighted by molar-refractivity contribution is 0.296. The summed E-state index contributed by atoms with van der Waals surface area (Å²) >= 11 is 0. The Labute approximate surface area is 170 Å². The quantitative estimate of drug-likeness (QED) is 0.385. The Hall–Kier alpha value is -3.14. The fraction of sp³-hybridized carbons (Fsp3) is 0.240. The third-order valence-electron chi connectivity index (χ3n) is 5.12. The van der Waals surface area contributed by atoms with Crippen molar-refractivity contribution in [2.24, 2.45) is 0 Å². The number of ether oxygens (including phenoxy) is 1. The molecule has 4 rings (SSSR count). The Morgan fingerprint density at radius 3 is 2.52 bits per heavy atom. The maximum absolute atomic E-state index is 13.4. The fourth-order valence-corrected chi connectivity index (χ4v) is 3.61. The van der Waals surface area contributed by atoms with Gasteiger partial charge in [-0.2, -0.15) is 0 Å². The number of aryl methyl sites for hydroxylation is 1. The van der Waals surface area contributed by atoms with Crippen LogP contribution in [0.1, 0.15) is 30.9 Å². The monoisotopic (exact) mass is 388 g/mol. The summed E-state index contributed by atoms with van der Waals surface area (Å²) in [5, 5.41) is 0. The zero-order chi connectivity index (χ0) is 20.4. The van der Waals surface area contributed by atoms with Crippen LogP contribution in [-0.2, 0) is 6.54 Å². The minimum Gasteiger partial charge on any atom is -0.491 e. The number of hydrogen-bond acceptors (Lipinski definition) is 2. The van der Waals surface area contributed by atoms with Crippen LogP contribution in [0.2, 0.25) is 0 Å². The molecule has 0 saturated heterocycles. The van der Waals surface area contributed by atoms with E-state index in [0.29, 0.717) is 19.1 Å². The molecule has 0 saturated carbocycles. The highest BCUT2D eigenvalue weighted by atomic mass is 19.1. The summed E-state index contributed by atoms with van der Waals surface area (Å²) in [7, 11) is 0. The average molecular weight is 388 g/mol. The number of fused-ring (bicyclic) bond motifs is 1. The van der Waals surface area contributed by atoms with Gasteiger partial charge in [0.25, 0.3) is 0 Å². The van der Waals surface area contributed by atoms with Crippen molar-refractivity contribution in [1.82, 2.24) is 9.55 Å². The third-order valence-corrected chi connectivity index (χ3v) is 5.12. The van der Waals surface area contributed by atoms with Crippen LogP contribution in [0.5, 0.6) is 5.75 Å². The van der Waals surface area contributed by atoms with Crippen LogP contribution in [0.15, 0.2) is 66.7 Å². The highest BCUT2D eigenvalue weighted by Crippen LogP contribution is 2.28. The van der Waals surface area contributed by atoms with E-state index in [1.165, 1.54) is 23.3 Å². The molecule has 0 spiro atoms. The van der Waals surface area contributed by atoms with E-state index in [-0.39, 0.29) is 5.82 Å². The van der Waals surface area contributed by atoms with Crippen molar-refractivity contribution in [1.29, 1.82) is 0 Å². The first-order chi connectivity index (χ1) is 14.0. The second kappa shape index (κ2) is 8.08. The molecule has 0 unspecified atom stereocenters. The molecule has 3 nitrogen and oxygen atoms in total. The lowest BCUT2D eigenvalue weighted by Crippen LogP contribution is -2.11. The van der Waals surface area contributed by atoms with Crippen molar-refractivity contribution in [3.8, 4) is 17.1 Å². The summed E-state index contributed by atoms with van der Waals surface area (Å²) in [4.78, 5) is 4.78. The molecule has 0 aliphatic carbocycles. The van der Waals surface area contributed by atoms with E-state index in [0.717, 1.165) is 28.2 Å². The molecule has 0 fully saturated rings. The zero-order valence-corrected chi connectivity index (χ0v) is 17.0. The third kappa shape index (κ3) is 4.02. The topological polar surface area (TPSA) is 27.1 Å². The summed E-state index contributed by atoms with van der Waals surface area (Å²) in [6.45, 7) is 7.60. The largest absolute Gasteiger partial charge is 0.491 e. The summed E-state index contributed by atoms with van der Waals surface area (Å²) in [6, 6.07) is 20.9. The first kappa shape index (κ1) is 19.2. The predicted octanol–water partition coefficient (Wildman–Crippen LogP) is 6.35. The van der Waals surface area contributed by atoms with Crippen LogP contribution in [0.4, 0.5) is 4.39 Å². The van der Waals surface area contributed by atoms with Crippen LogP contribution >= 0.6 is 0 Å². The molecule has 1 heterocycles. The summed E-state index contributed by atoms with van der Waals surface area (Å²) in [5.74, 6) is 1.91. The van der Waals surface area contributed by atoms with Gasteiger partial charge in [-0.3, -0.25) is 0 Å². The Bertz CT molecular complexity index is 1130. The fourth-order valence-electron chi connectivity index (χ4n) is 3.61. The van der Waals surface area contributed by atoms with E-state index in [4.69, 9.17) is 9.72 Å². The number of aromatic nitrogens is 2. The van der Waals surface area contributed by atoms with Crippen LogP contribution in [0.25, 0.3) is 22.4 Å². The smallest absolute Gasteiger partial charge is 0.141 e. The van der Waals surface area contributed by atoms with Crippen LogP contribution in [0.3, 0.4) is 0 Å². The highest BCUT2D eigenvalue weighted by Gasteiger charge is 2.13. The normalized spacial score (nSPS) is 11.3. The number of imidazole rings is 1. The van der Waals surface area contributed by atoms with Crippen LogP contribution in [-0.4, -0.2) is 16.2 Å². The van der Waals surface area contributed by atoms with E-state index in [1.807, 2.05) is 18.2 Å². The molecule has 4 heteroatoms. The van der Waals surface area contributed by atoms with E-state index < -0.39 is 0 Å². The molecular weight excluding hydrogens is 363 g/mol. The van der Waals surface area contributed by atoms with Gasteiger partial charge < -0.3 is 9.30 Å². The molecule has 29 heavy (non-hydrogen) atoms. The maximum atomic E-state index is 13.4. The Morgan fingerprint density at radius 2 is 1.76 bits per heavy atom. The first-order valence-corrected chi connectivity index (χ1v) is 9.97. The van der Waals surface area contributed by atoms with Crippen LogP contribution < -0.4 is 4.74 Å². The number of para-hydroxylation sites is 2. The Kier molecular flexibility index (Phi) is 5.34. The molecule has 4 aromatic rings. The summed E-state index contributed by atoms with van der Waals surface area (Å²) in [6.07, 6.45) is 0. The molecule has 148 valence electrons. The number of halogens is 1. The zero-order valence-electron chi connectivity index (χ0n) is 17.0. The van der Waals surface area contributed by atoms with Gasteiger partial charge in [-0.25, -0.2) is 9.37 Å².